The lowest BCUT2D eigenvalue weighted by Crippen LogP contribution is -2.40. The number of amides is 1. The number of amidine groups is 1. The molecule has 2 rings (SSSR count). The molecule has 0 heterocycles. The van der Waals surface area contributed by atoms with Crippen molar-refractivity contribution >= 4 is 11.7 Å². The lowest BCUT2D eigenvalue weighted by Gasteiger charge is -2.16. The molecule has 1 saturated carbocycles. The molecule has 0 atom stereocenters. The predicted octanol–water partition coefficient (Wildman–Crippen LogP) is 1.85. The minimum absolute atomic E-state index is 0.0336. The van der Waals surface area contributed by atoms with E-state index in [0.717, 1.165) is 6.07 Å². The van der Waals surface area contributed by atoms with E-state index in [0.29, 0.717) is 12.8 Å². The van der Waals surface area contributed by atoms with Crippen molar-refractivity contribution in [3.05, 3.63) is 35.4 Å². The average Bonchev–Trinajstić information content (AvgIpc) is 3.25. The van der Waals surface area contributed by atoms with E-state index in [9.17, 15) is 18.0 Å². The minimum Gasteiger partial charge on any atom is -0.409 e. The largest absolute Gasteiger partial charge is 0.416 e. The highest BCUT2D eigenvalue weighted by atomic mass is 19.4. The van der Waals surface area contributed by atoms with Crippen LogP contribution in [0.5, 0.6) is 0 Å². The fourth-order valence-corrected chi connectivity index (χ4v) is 2.12. The maximum absolute atomic E-state index is 12.8. The van der Waals surface area contributed by atoms with Crippen LogP contribution in [-0.4, -0.2) is 17.0 Å². The zero-order valence-corrected chi connectivity index (χ0v) is 10.9. The van der Waals surface area contributed by atoms with Crippen LogP contribution in [0.1, 0.15) is 24.0 Å². The number of hydrogen-bond acceptors (Lipinski definition) is 3. The number of halogens is 3. The van der Waals surface area contributed by atoms with Crippen molar-refractivity contribution in [2.75, 3.05) is 0 Å². The Hall–Kier alpha value is -2.25. The molecule has 8 heteroatoms. The Morgan fingerprint density at radius 1 is 1.38 bits per heavy atom. The highest BCUT2D eigenvalue weighted by Crippen LogP contribution is 2.46. The number of nitrogens with zero attached hydrogens (tertiary/aromatic N) is 1. The summed E-state index contributed by atoms with van der Waals surface area (Å²) in [5.74, 6) is -0.751. The summed E-state index contributed by atoms with van der Waals surface area (Å²) in [6.07, 6.45) is -3.66. The number of carbonyl (C=O) groups is 1. The summed E-state index contributed by atoms with van der Waals surface area (Å²) < 4.78 is 38.5. The summed E-state index contributed by atoms with van der Waals surface area (Å²) in [5.41, 5.74) is 3.53. The van der Waals surface area contributed by atoms with E-state index < -0.39 is 23.1 Å². The lowest BCUT2D eigenvalue weighted by molar-refractivity contribution is -0.138. The van der Waals surface area contributed by atoms with Gasteiger partial charge in [0.2, 0.25) is 5.91 Å². The Morgan fingerprint density at radius 3 is 2.52 bits per heavy atom. The SMILES string of the molecule is N/C(=N/O)C1(C(=O)NCc2ccccc2C(F)(F)F)CC1. The van der Waals surface area contributed by atoms with Crippen LogP contribution in [-0.2, 0) is 17.5 Å². The topological polar surface area (TPSA) is 87.7 Å². The van der Waals surface area contributed by atoms with Gasteiger partial charge in [-0.1, -0.05) is 23.4 Å². The first-order valence-electron chi connectivity index (χ1n) is 6.22. The first-order chi connectivity index (χ1) is 9.81. The van der Waals surface area contributed by atoms with Crippen LogP contribution in [0.3, 0.4) is 0 Å². The summed E-state index contributed by atoms with van der Waals surface area (Å²) in [5, 5.41) is 13.9. The molecule has 0 radical (unpaired) electrons. The maximum Gasteiger partial charge on any atom is 0.416 e. The third-order valence-corrected chi connectivity index (χ3v) is 3.54. The van der Waals surface area contributed by atoms with Gasteiger partial charge in [0.1, 0.15) is 5.41 Å². The Bertz CT molecular complexity index is 580. The van der Waals surface area contributed by atoms with Gasteiger partial charge >= 0.3 is 6.18 Å². The molecule has 1 aromatic carbocycles. The number of nitrogens with one attached hydrogen (secondary N) is 1. The molecule has 0 spiro atoms. The van der Waals surface area contributed by atoms with E-state index in [4.69, 9.17) is 10.9 Å². The van der Waals surface area contributed by atoms with Crippen LogP contribution < -0.4 is 11.1 Å². The first-order valence-corrected chi connectivity index (χ1v) is 6.22. The molecule has 1 fully saturated rings. The molecule has 5 nitrogen and oxygen atoms in total. The second kappa shape index (κ2) is 5.27. The molecule has 0 aromatic heterocycles. The van der Waals surface area contributed by atoms with Crippen molar-refractivity contribution in [1.82, 2.24) is 5.32 Å². The minimum atomic E-state index is -4.48. The molecular weight excluding hydrogens is 287 g/mol. The molecule has 21 heavy (non-hydrogen) atoms. The summed E-state index contributed by atoms with van der Waals surface area (Å²) in [4.78, 5) is 12.0. The van der Waals surface area contributed by atoms with E-state index in [1.807, 2.05) is 0 Å². The standard InChI is InChI=1S/C13H14F3N3O2/c14-13(15,16)9-4-2-1-3-8(9)7-18-11(20)12(5-6-12)10(17)19-21/h1-4,21H,5-7H2,(H2,17,19)(H,18,20). The van der Waals surface area contributed by atoms with Gasteiger partial charge in [-0.05, 0) is 24.5 Å². The molecule has 114 valence electrons. The second-order valence-corrected chi connectivity index (χ2v) is 4.90. The van der Waals surface area contributed by atoms with E-state index in [1.54, 1.807) is 0 Å². The van der Waals surface area contributed by atoms with Crippen molar-refractivity contribution < 1.29 is 23.2 Å². The van der Waals surface area contributed by atoms with Gasteiger partial charge in [-0.2, -0.15) is 13.2 Å². The fraction of sp³-hybridized carbons (Fsp3) is 0.385. The molecule has 4 N–H and O–H groups in total. The number of nitrogens with two attached hydrogens (primary N) is 1. The van der Waals surface area contributed by atoms with Crippen molar-refractivity contribution in [3.63, 3.8) is 0 Å². The van der Waals surface area contributed by atoms with Gasteiger partial charge in [0.15, 0.2) is 5.84 Å². The van der Waals surface area contributed by atoms with Crippen molar-refractivity contribution in [3.8, 4) is 0 Å². The monoisotopic (exact) mass is 301 g/mol. The third kappa shape index (κ3) is 2.93. The smallest absolute Gasteiger partial charge is 0.409 e. The summed E-state index contributed by atoms with van der Waals surface area (Å²) >= 11 is 0. The first kappa shape index (κ1) is 15.1. The number of rotatable bonds is 4. The van der Waals surface area contributed by atoms with Gasteiger partial charge in [0.25, 0.3) is 0 Å². The fourth-order valence-electron chi connectivity index (χ4n) is 2.12. The summed E-state index contributed by atoms with van der Waals surface area (Å²) in [7, 11) is 0. The molecule has 1 aromatic rings. The number of hydrogen-bond donors (Lipinski definition) is 3. The highest BCUT2D eigenvalue weighted by Gasteiger charge is 2.54. The van der Waals surface area contributed by atoms with E-state index in [-0.39, 0.29) is 17.9 Å². The Morgan fingerprint density at radius 2 is 2.00 bits per heavy atom. The summed E-state index contributed by atoms with van der Waals surface area (Å²) in [6.45, 7) is -0.269. The quantitative estimate of drug-likeness (QED) is 0.343. The lowest BCUT2D eigenvalue weighted by atomic mass is 10.0. The molecule has 1 aliphatic rings. The summed E-state index contributed by atoms with van der Waals surface area (Å²) in [6, 6.07) is 5.00. The number of benzene rings is 1. The molecule has 1 aliphatic carbocycles. The van der Waals surface area contributed by atoms with Gasteiger partial charge in [0, 0.05) is 6.54 Å². The third-order valence-electron chi connectivity index (χ3n) is 3.54. The normalized spacial score (nSPS) is 17.4. The molecule has 0 aliphatic heterocycles. The van der Waals surface area contributed by atoms with Gasteiger partial charge < -0.3 is 16.3 Å². The van der Waals surface area contributed by atoms with Crippen LogP contribution in [0.25, 0.3) is 0 Å². The van der Waals surface area contributed by atoms with Gasteiger partial charge in [0.05, 0.1) is 5.56 Å². The Kier molecular flexibility index (Phi) is 3.80. The number of carbonyl (C=O) groups excluding carboxylic acids is 1. The highest BCUT2D eigenvalue weighted by molar-refractivity contribution is 6.09. The zero-order valence-electron chi connectivity index (χ0n) is 10.9. The molecule has 0 unspecified atom stereocenters. The molecule has 0 bridgehead atoms. The van der Waals surface area contributed by atoms with Crippen LogP contribution in [0.4, 0.5) is 13.2 Å². The van der Waals surface area contributed by atoms with Crippen LogP contribution in [0.2, 0.25) is 0 Å². The zero-order chi connectivity index (χ0) is 15.7. The average molecular weight is 301 g/mol. The molecular formula is C13H14F3N3O2. The van der Waals surface area contributed by atoms with Crippen molar-refractivity contribution in [1.29, 1.82) is 0 Å². The van der Waals surface area contributed by atoms with E-state index in [1.165, 1.54) is 18.2 Å². The number of alkyl halides is 3. The second-order valence-electron chi connectivity index (χ2n) is 4.90. The Balaban J connectivity index is 2.10. The molecule has 0 saturated heterocycles. The van der Waals surface area contributed by atoms with Crippen molar-refractivity contribution in [2.24, 2.45) is 16.3 Å². The Labute approximate surface area is 118 Å². The van der Waals surface area contributed by atoms with Crippen molar-refractivity contribution in [2.45, 2.75) is 25.6 Å². The van der Waals surface area contributed by atoms with Gasteiger partial charge in [-0.3, -0.25) is 4.79 Å². The van der Waals surface area contributed by atoms with Crippen LogP contribution in [0.15, 0.2) is 29.4 Å². The van der Waals surface area contributed by atoms with Gasteiger partial charge in [-0.15, -0.1) is 0 Å². The number of oxime groups is 1. The van der Waals surface area contributed by atoms with Crippen LogP contribution in [0, 0.1) is 5.41 Å². The maximum atomic E-state index is 12.8. The molecule has 1 amide bonds. The van der Waals surface area contributed by atoms with E-state index >= 15 is 0 Å². The van der Waals surface area contributed by atoms with Gasteiger partial charge in [-0.25, -0.2) is 0 Å². The predicted molar refractivity (Wildman–Crippen MR) is 68.4 cm³/mol. The van der Waals surface area contributed by atoms with E-state index in [2.05, 4.69) is 10.5 Å². The van der Waals surface area contributed by atoms with Crippen LogP contribution >= 0.6 is 0 Å².